The number of hydrogen-bond acceptors (Lipinski definition) is 3. The van der Waals surface area contributed by atoms with Crippen LogP contribution in [0, 0.1) is 0 Å². The summed E-state index contributed by atoms with van der Waals surface area (Å²) in [4.78, 5) is 12.3. The summed E-state index contributed by atoms with van der Waals surface area (Å²) in [7, 11) is 4.03. The van der Waals surface area contributed by atoms with Crippen molar-refractivity contribution in [1.82, 2.24) is 4.90 Å². The van der Waals surface area contributed by atoms with Gasteiger partial charge in [-0.15, -0.1) is 12.4 Å². The molecule has 4 nitrogen and oxygen atoms in total. The van der Waals surface area contributed by atoms with Gasteiger partial charge in [0.2, 0.25) is 0 Å². The van der Waals surface area contributed by atoms with E-state index in [1.807, 2.05) is 32.3 Å². The highest BCUT2D eigenvalue weighted by Crippen LogP contribution is 2.32. The van der Waals surface area contributed by atoms with Gasteiger partial charge in [0.25, 0.3) is 0 Å². The molecular weight excluding hydrogens is 314 g/mol. The number of likely N-dealkylation sites (N-methyl/N-ethyl adjacent to an activating group) is 1. The fraction of sp³-hybridized carbons (Fsp3) is 0.278. The van der Waals surface area contributed by atoms with Crippen molar-refractivity contribution < 1.29 is 15.0 Å². The van der Waals surface area contributed by atoms with Crippen LogP contribution in [0.4, 0.5) is 0 Å². The Morgan fingerprint density at radius 1 is 1.04 bits per heavy atom. The van der Waals surface area contributed by atoms with E-state index < -0.39 is 5.97 Å². The standard InChI is InChI=1S/C11H15NO.C7H6O2.ClH/c1-12(2)10-7-8-5-3-4-6-9(8)11(10)13;8-7(9)6-4-2-1-3-5-6;/h3-6,10-11,13H,7H2,1-2H3;1-5H,(H,8,9);1H. The molecule has 2 aromatic carbocycles. The van der Waals surface area contributed by atoms with E-state index in [1.54, 1.807) is 30.3 Å². The van der Waals surface area contributed by atoms with E-state index >= 15 is 0 Å². The highest BCUT2D eigenvalue weighted by Gasteiger charge is 2.31. The van der Waals surface area contributed by atoms with Crippen LogP contribution in [-0.4, -0.2) is 41.2 Å². The molecule has 124 valence electrons. The van der Waals surface area contributed by atoms with E-state index in [0.29, 0.717) is 5.56 Å². The van der Waals surface area contributed by atoms with Crippen LogP contribution in [0.5, 0.6) is 0 Å². The lowest BCUT2D eigenvalue weighted by molar-refractivity contribution is 0.0697. The van der Waals surface area contributed by atoms with Gasteiger partial charge in [0.15, 0.2) is 0 Å². The largest absolute Gasteiger partial charge is 0.478 e. The number of aromatic carboxylic acids is 1. The van der Waals surface area contributed by atoms with Crippen LogP contribution < -0.4 is 0 Å². The average molecular weight is 336 g/mol. The molecule has 5 heteroatoms. The second kappa shape index (κ2) is 8.67. The zero-order chi connectivity index (χ0) is 16.1. The van der Waals surface area contributed by atoms with E-state index in [-0.39, 0.29) is 24.6 Å². The van der Waals surface area contributed by atoms with Crippen molar-refractivity contribution in [1.29, 1.82) is 0 Å². The summed E-state index contributed by atoms with van der Waals surface area (Å²) >= 11 is 0. The molecule has 2 unspecified atom stereocenters. The molecule has 1 aliphatic rings. The lowest BCUT2D eigenvalue weighted by Gasteiger charge is -2.22. The normalized spacial score (nSPS) is 18.4. The minimum Gasteiger partial charge on any atom is -0.478 e. The summed E-state index contributed by atoms with van der Waals surface area (Å²) in [5.41, 5.74) is 2.72. The summed E-state index contributed by atoms with van der Waals surface area (Å²) in [6.45, 7) is 0. The second-order valence-corrected chi connectivity index (χ2v) is 5.55. The number of carboxylic acids is 1. The van der Waals surface area contributed by atoms with Crippen LogP contribution in [0.1, 0.15) is 27.6 Å². The third-order valence-corrected chi connectivity index (χ3v) is 3.85. The zero-order valence-electron chi connectivity index (χ0n) is 13.2. The predicted molar refractivity (Wildman–Crippen MR) is 93.2 cm³/mol. The Kier molecular flexibility index (Phi) is 7.23. The topological polar surface area (TPSA) is 60.8 Å². The first-order valence-corrected chi connectivity index (χ1v) is 7.21. The molecule has 2 N–H and O–H groups in total. The molecule has 0 aromatic heterocycles. The molecule has 1 aliphatic carbocycles. The van der Waals surface area contributed by atoms with Crippen LogP contribution >= 0.6 is 12.4 Å². The number of aliphatic hydroxyl groups excluding tert-OH is 1. The molecule has 0 bridgehead atoms. The molecule has 23 heavy (non-hydrogen) atoms. The first-order chi connectivity index (χ1) is 10.5. The Balaban J connectivity index is 0.000000235. The number of fused-ring (bicyclic) bond motifs is 1. The summed E-state index contributed by atoms with van der Waals surface area (Å²) in [6, 6.07) is 16.7. The van der Waals surface area contributed by atoms with Gasteiger partial charge in [-0.25, -0.2) is 4.79 Å². The lowest BCUT2D eigenvalue weighted by Crippen LogP contribution is -2.31. The lowest BCUT2D eigenvalue weighted by atomic mass is 10.1. The molecule has 0 heterocycles. The maximum absolute atomic E-state index is 10.2. The third kappa shape index (κ3) is 4.79. The summed E-state index contributed by atoms with van der Waals surface area (Å²) in [5.74, 6) is -0.879. The molecule has 0 saturated heterocycles. The van der Waals surface area contributed by atoms with Gasteiger partial charge < -0.3 is 15.1 Å². The van der Waals surface area contributed by atoms with Gasteiger partial charge in [-0.05, 0) is 43.8 Å². The van der Waals surface area contributed by atoms with Crippen molar-refractivity contribution in [3.8, 4) is 0 Å². The second-order valence-electron chi connectivity index (χ2n) is 5.55. The van der Waals surface area contributed by atoms with Crippen LogP contribution in [0.15, 0.2) is 54.6 Å². The number of aliphatic hydroxyl groups is 1. The Morgan fingerprint density at radius 3 is 2.09 bits per heavy atom. The van der Waals surface area contributed by atoms with E-state index in [2.05, 4.69) is 11.0 Å². The fourth-order valence-corrected chi connectivity index (χ4v) is 2.60. The van der Waals surface area contributed by atoms with Gasteiger partial charge in [0.1, 0.15) is 0 Å². The molecule has 0 aliphatic heterocycles. The predicted octanol–water partition coefficient (Wildman–Crippen LogP) is 3.01. The maximum Gasteiger partial charge on any atom is 0.335 e. The maximum atomic E-state index is 10.2. The van der Waals surface area contributed by atoms with Gasteiger partial charge in [0, 0.05) is 6.04 Å². The van der Waals surface area contributed by atoms with Crippen molar-refractivity contribution in [2.75, 3.05) is 14.1 Å². The zero-order valence-corrected chi connectivity index (χ0v) is 14.0. The van der Waals surface area contributed by atoms with Crippen LogP contribution in [0.3, 0.4) is 0 Å². The SMILES string of the molecule is CN(C)C1Cc2ccccc2C1O.Cl.O=C(O)c1ccccc1. The van der Waals surface area contributed by atoms with Crippen LogP contribution in [0.25, 0.3) is 0 Å². The van der Waals surface area contributed by atoms with Crippen molar-refractivity contribution in [2.45, 2.75) is 18.6 Å². The van der Waals surface area contributed by atoms with Gasteiger partial charge in [-0.3, -0.25) is 0 Å². The number of carbonyl (C=O) groups is 1. The van der Waals surface area contributed by atoms with Crippen LogP contribution in [-0.2, 0) is 6.42 Å². The van der Waals surface area contributed by atoms with Crippen molar-refractivity contribution >= 4 is 18.4 Å². The van der Waals surface area contributed by atoms with E-state index in [4.69, 9.17) is 5.11 Å². The van der Waals surface area contributed by atoms with Gasteiger partial charge in [-0.2, -0.15) is 0 Å². The third-order valence-electron chi connectivity index (χ3n) is 3.85. The molecule has 0 saturated carbocycles. The highest BCUT2D eigenvalue weighted by atomic mass is 35.5. The Bertz CT molecular complexity index is 631. The number of hydrogen-bond donors (Lipinski definition) is 2. The molecule has 0 spiro atoms. The fourth-order valence-electron chi connectivity index (χ4n) is 2.60. The number of halogens is 1. The van der Waals surface area contributed by atoms with E-state index in [0.717, 1.165) is 12.0 Å². The van der Waals surface area contributed by atoms with Crippen LogP contribution in [0.2, 0.25) is 0 Å². The molecule has 3 rings (SSSR count). The minimum atomic E-state index is -0.879. The Morgan fingerprint density at radius 2 is 1.61 bits per heavy atom. The summed E-state index contributed by atoms with van der Waals surface area (Å²) in [6.07, 6.45) is 0.649. The molecule has 0 radical (unpaired) electrons. The van der Waals surface area contributed by atoms with E-state index in [9.17, 15) is 9.90 Å². The quantitative estimate of drug-likeness (QED) is 0.885. The average Bonchev–Trinajstić information content (AvgIpc) is 2.87. The van der Waals surface area contributed by atoms with Crippen molar-refractivity contribution in [3.63, 3.8) is 0 Å². The van der Waals surface area contributed by atoms with Gasteiger partial charge >= 0.3 is 5.97 Å². The number of rotatable bonds is 2. The summed E-state index contributed by atoms with van der Waals surface area (Å²) in [5, 5.41) is 18.4. The Hall–Kier alpha value is -1.88. The van der Waals surface area contributed by atoms with Gasteiger partial charge in [0.05, 0.1) is 11.7 Å². The minimum absolute atomic E-state index is 0. The van der Waals surface area contributed by atoms with E-state index in [1.165, 1.54) is 5.56 Å². The first-order valence-electron chi connectivity index (χ1n) is 7.21. The molecule has 2 aromatic rings. The number of carboxylic acid groups (broad SMARTS) is 1. The molecule has 0 fully saturated rings. The summed E-state index contributed by atoms with van der Waals surface area (Å²) < 4.78 is 0. The molecular formula is C18H22ClNO3. The van der Waals surface area contributed by atoms with Crippen molar-refractivity contribution in [3.05, 3.63) is 71.3 Å². The molecule has 2 atom stereocenters. The van der Waals surface area contributed by atoms with Crippen molar-refractivity contribution in [2.24, 2.45) is 0 Å². The number of nitrogens with zero attached hydrogens (tertiary/aromatic N) is 1. The number of benzene rings is 2. The Labute approximate surface area is 142 Å². The molecule has 0 amide bonds. The van der Waals surface area contributed by atoms with Gasteiger partial charge in [-0.1, -0.05) is 42.5 Å². The first kappa shape index (κ1) is 19.2. The monoisotopic (exact) mass is 335 g/mol. The highest BCUT2D eigenvalue weighted by molar-refractivity contribution is 5.87. The smallest absolute Gasteiger partial charge is 0.335 e.